The SMILES string of the molecule is Nc1c(Cl)ncn(C2CCOC3(CCCC3)C2)c1=O. The maximum Gasteiger partial charge on any atom is 0.278 e. The Bertz CT molecular complexity index is 537. The van der Waals surface area contributed by atoms with E-state index in [0.29, 0.717) is 6.61 Å². The average molecular weight is 284 g/mol. The van der Waals surface area contributed by atoms with Crippen molar-refractivity contribution in [3.63, 3.8) is 0 Å². The number of aromatic nitrogens is 2. The van der Waals surface area contributed by atoms with E-state index in [0.717, 1.165) is 25.7 Å². The quantitative estimate of drug-likeness (QED) is 0.802. The first-order valence-corrected chi connectivity index (χ1v) is 7.15. The Morgan fingerprint density at radius 1 is 1.47 bits per heavy atom. The topological polar surface area (TPSA) is 70.1 Å². The standard InChI is InChI=1S/C13H18ClN3O2/c14-11-10(15)12(18)17(8-16-11)9-3-6-19-13(7-9)4-1-2-5-13/h8-9H,1-7,15H2. The van der Waals surface area contributed by atoms with Gasteiger partial charge in [0.25, 0.3) is 5.56 Å². The first-order chi connectivity index (χ1) is 9.11. The highest BCUT2D eigenvalue weighted by Crippen LogP contribution is 2.43. The summed E-state index contributed by atoms with van der Waals surface area (Å²) in [7, 11) is 0. The summed E-state index contributed by atoms with van der Waals surface area (Å²) in [6, 6.07) is 0.117. The van der Waals surface area contributed by atoms with Crippen molar-refractivity contribution >= 4 is 17.3 Å². The molecule has 1 atom stereocenters. The number of nitrogens with zero attached hydrogens (tertiary/aromatic N) is 2. The largest absolute Gasteiger partial charge is 0.392 e. The molecule has 1 saturated carbocycles. The van der Waals surface area contributed by atoms with E-state index in [4.69, 9.17) is 22.1 Å². The van der Waals surface area contributed by atoms with Crippen LogP contribution in [0, 0.1) is 0 Å². The summed E-state index contributed by atoms with van der Waals surface area (Å²) in [6.07, 6.45) is 7.81. The van der Waals surface area contributed by atoms with Gasteiger partial charge in [-0.05, 0) is 25.7 Å². The first-order valence-electron chi connectivity index (χ1n) is 6.77. The van der Waals surface area contributed by atoms with E-state index in [1.54, 1.807) is 4.57 Å². The summed E-state index contributed by atoms with van der Waals surface area (Å²) < 4.78 is 7.61. The zero-order valence-corrected chi connectivity index (χ0v) is 11.5. The summed E-state index contributed by atoms with van der Waals surface area (Å²) in [4.78, 5) is 16.2. The number of anilines is 1. The molecule has 2 fully saturated rings. The van der Waals surface area contributed by atoms with Crippen molar-refractivity contribution in [1.29, 1.82) is 0 Å². The molecule has 6 heteroatoms. The molecule has 1 saturated heterocycles. The highest BCUT2D eigenvalue weighted by Gasteiger charge is 2.40. The van der Waals surface area contributed by atoms with Crippen LogP contribution in [0.25, 0.3) is 0 Å². The van der Waals surface area contributed by atoms with Gasteiger partial charge in [0.1, 0.15) is 5.69 Å². The molecule has 1 aromatic rings. The smallest absolute Gasteiger partial charge is 0.278 e. The lowest BCUT2D eigenvalue weighted by molar-refractivity contribution is -0.0899. The molecule has 0 bridgehead atoms. The minimum Gasteiger partial charge on any atom is -0.392 e. The summed E-state index contributed by atoms with van der Waals surface area (Å²) in [6.45, 7) is 0.694. The highest BCUT2D eigenvalue weighted by molar-refractivity contribution is 6.31. The molecule has 1 spiro atoms. The van der Waals surface area contributed by atoms with Crippen LogP contribution in [0.5, 0.6) is 0 Å². The minimum atomic E-state index is -0.236. The molecule has 1 aliphatic heterocycles. The molecule has 5 nitrogen and oxygen atoms in total. The van der Waals surface area contributed by atoms with Crippen molar-refractivity contribution in [2.24, 2.45) is 0 Å². The average Bonchev–Trinajstić information content (AvgIpc) is 2.84. The molecule has 1 aliphatic carbocycles. The van der Waals surface area contributed by atoms with Gasteiger partial charge in [0.15, 0.2) is 5.15 Å². The van der Waals surface area contributed by atoms with E-state index in [1.165, 1.54) is 19.2 Å². The molecule has 2 aliphatic rings. The number of ether oxygens (including phenoxy) is 1. The Labute approximate surface area is 116 Å². The maximum absolute atomic E-state index is 12.2. The minimum absolute atomic E-state index is 0.0310. The number of rotatable bonds is 1. The second kappa shape index (κ2) is 4.80. The molecule has 0 amide bonds. The fourth-order valence-corrected chi connectivity index (χ4v) is 3.45. The maximum atomic E-state index is 12.2. The van der Waals surface area contributed by atoms with Gasteiger partial charge in [-0.2, -0.15) is 0 Å². The van der Waals surface area contributed by atoms with Crippen LogP contribution in [-0.4, -0.2) is 21.8 Å². The monoisotopic (exact) mass is 283 g/mol. The summed E-state index contributed by atoms with van der Waals surface area (Å²) in [5.74, 6) is 0. The van der Waals surface area contributed by atoms with Crippen molar-refractivity contribution in [2.75, 3.05) is 12.3 Å². The van der Waals surface area contributed by atoms with Gasteiger partial charge in [-0.1, -0.05) is 24.4 Å². The molecule has 3 rings (SSSR count). The van der Waals surface area contributed by atoms with Crippen LogP contribution >= 0.6 is 11.6 Å². The molecule has 1 unspecified atom stereocenters. The van der Waals surface area contributed by atoms with E-state index >= 15 is 0 Å². The number of nitrogen functional groups attached to an aromatic ring is 1. The van der Waals surface area contributed by atoms with Crippen LogP contribution in [0.2, 0.25) is 5.15 Å². The number of halogens is 1. The van der Waals surface area contributed by atoms with Crippen LogP contribution in [-0.2, 0) is 4.74 Å². The fourth-order valence-electron chi connectivity index (χ4n) is 3.33. The number of hydrogen-bond donors (Lipinski definition) is 1. The van der Waals surface area contributed by atoms with E-state index in [-0.39, 0.29) is 28.0 Å². The third-order valence-corrected chi connectivity index (χ3v) is 4.66. The van der Waals surface area contributed by atoms with E-state index in [2.05, 4.69) is 4.98 Å². The van der Waals surface area contributed by atoms with Crippen molar-refractivity contribution in [3.8, 4) is 0 Å². The normalized spacial score (nSPS) is 25.8. The van der Waals surface area contributed by atoms with Crippen LogP contribution < -0.4 is 11.3 Å². The third-order valence-electron chi connectivity index (χ3n) is 4.36. The zero-order chi connectivity index (χ0) is 13.5. The second-order valence-electron chi connectivity index (χ2n) is 5.55. The number of hydrogen-bond acceptors (Lipinski definition) is 4. The van der Waals surface area contributed by atoms with Gasteiger partial charge < -0.3 is 10.5 Å². The summed E-state index contributed by atoms with van der Waals surface area (Å²) in [5, 5.41) is 0.0869. The Morgan fingerprint density at radius 3 is 2.95 bits per heavy atom. The Hall–Kier alpha value is -1.07. The molecule has 0 radical (unpaired) electrons. The van der Waals surface area contributed by atoms with Gasteiger partial charge in [0.05, 0.1) is 11.9 Å². The molecule has 2 heterocycles. The van der Waals surface area contributed by atoms with Gasteiger partial charge >= 0.3 is 0 Å². The molecule has 19 heavy (non-hydrogen) atoms. The van der Waals surface area contributed by atoms with Crippen LogP contribution in [0.3, 0.4) is 0 Å². The Kier molecular flexibility index (Phi) is 3.27. The van der Waals surface area contributed by atoms with Crippen LogP contribution in [0.4, 0.5) is 5.69 Å². The molecule has 1 aromatic heterocycles. The zero-order valence-electron chi connectivity index (χ0n) is 10.8. The predicted octanol–water partition coefficient (Wildman–Crippen LogP) is 2.14. The van der Waals surface area contributed by atoms with Gasteiger partial charge in [-0.25, -0.2) is 4.98 Å². The highest BCUT2D eigenvalue weighted by atomic mass is 35.5. The Morgan fingerprint density at radius 2 is 2.21 bits per heavy atom. The summed E-state index contributed by atoms with van der Waals surface area (Å²) >= 11 is 5.77. The first kappa shape index (κ1) is 12.9. The van der Waals surface area contributed by atoms with Crippen molar-refractivity contribution in [1.82, 2.24) is 9.55 Å². The fraction of sp³-hybridized carbons (Fsp3) is 0.692. The lowest BCUT2D eigenvalue weighted by Gasteiger charge is -2.38. The molecule has 104 valence electrons. The van der Waals surface area contributed by atoms with Gasteiger partial charge in [-0.15, -0.1) is 0 Å². The molecule has 2 N–H and O–H groups in total. The van der Waals surface area contributed by atoms with E-state index < -0.39 is 0 Å². The van der Waals surface area contributed by atoms with Crippen molar-refractivity contribution in [3.05, 3.63) is 21.8 Å². The number of nitrogens with two attached hydrogens (primary N) is 1. The Balaban J connectivity index is 1.90. The third kappa shape index (κ3) is 2.25. The molecule has 0 aromatic carbocycles. The molecular weight excluding hydrogens is 266 g/mol. The lowest BCUT2D eigenvalue weighted by atomic mass is 9.89. The predicted molar refractivity (Wildman–Crippen MR) is 73.3 cm³/mol. The van der Waals surface area contributed by atoms with E-state index in [9.17, 15) is 4.79 Å². The van der Waals surface area contributed by atoms with Gasteiger partial charge in [-0.3, -0.25) is 9.36 Å². The van der Waals surface area contributed by atoms with E-state index in [1.807, 2.05) is 0 Å². The second-order valence-corrected chi connectivity index (χ2v) is 5.90. The summed E-state index contributed by atoms with van der Waals surface area (Å²) in [5.41, 5.74) is 5.45. The lowest BCUT2D eigenvalue weighted by Crippen LogP contribution is -2.41. The van der Waals surface area contributed by atoms with Crippen molar-refractivity contribution < 1.29 is 4.74 Å². The van der Waals surface area contributed by atoms with Crippen molar-refractivity contribution in [2.45, 2.75) is 50.2 Å². The van der Waals surface area contributed by atoms with Crippen LogP contribution in [0.15, 0.2) is 11.1 Å². The van der Waals surface area contributed by atoms with Crippen LogP contribution in [0.1, 0.15) is 44.6 Å². The van der Waals surface area contributed by atoms with Gasteiger partial charge in [0, 0.05) is 12.6 Å². The van der Waals surface area contributed by atoms with Gasteiger partial charge in [0.2, 0.25) is 0 Å². The molecular formula is C13H18ClN3O2.